The van der Waals surface area contributed by atoms with E-state index in [0.717, 1.165) is 42.6 Å². The van der Waals surface area contributed by atoms with Gasteiger partial charge < -0.3 is 14.9 Å². The quantitative estimate of drug-likeness (QED) is 0.624. The predicted molar refractivity (Wildman–Crippen MR) is 133 cm³/mol. The van der Waals surface area contributed by atoms with Crippen LogP contribution in [0.5, 0.6) is 0 Å². The molecular formula is C29H44N2O3. The fourth-order valence-corrected chi connectivity index (χ4v) is 9.57. The fourth-order valence-electron chi connectivity index (χ4n) is 9.57. The van der Waals surface area contributed by atoms with Gasteiger partial charge in [0.05, 0.1) is 36.1 Å². The maximum Gasteiger partial charge on any atom is 0.0848 e. The molecule has 4 aliphatic carbocycles. The standard InChI is InChI=1S/C29H44N2O3/c1-6-19-15-30-31(16-19)18-29(4,33)26-10-9-25-23-8-7-20-14-28(3,32)21(17-34-5)13-24(20)22(23)11-12-27(25,26)2/h1,15-16,20-26,32-33H,7-14,17-18H2,2-5H3/t20-,21-,22+,23-,24+,25+,26+,27+,28+,29+/m1/s1. The summed E-state index contributed by atoms with van der Waals surface area (Å²) < 4.78 is 7.35. The molecule has 0 radical (unpaired) electrons. The number of ether oxygens (including phenoxy) is 1. The minimum atomic E-state index is -0.807. The van der Waals surface area contributed by atoms with E-state index in [1.807, 2.05) is 24.7 Å². The third-order valence-corrected chi connectivity index (χ3v) is 11.0. The minimum Gasteiger partial charge on any atom is -0.390 e. The number of hydrogen-bond acceptors (Lipinski definition) is 4. The topological polar surface area (TPSA) is 67.5 Å². The summed E-state index contributed by atoms with van der Waals surface area (Å²) in [5, 5.41) is 27.3. The van der Waals surface area contributed by atoms with Gasteiger partial charge in [0, 0.05) is 19.2 Å². The van der Waals surface area contributed by atoms with E-state index in [4.69, 9.17) is 11.2 Å². The molecule has 4 aliphatic rings. The minimum absolute atomic E-state index is 0.172. The summed E-state index contributed by atoms with van der Waals surface area (Å²) in [6, 6.07) is 0. The van der Waals surface area contributed by atoms with Crippen molar-refractivity contribution in [1.29, 1.82) is 0 Å². The molecule has 0 saturated heterocycles. The molecule has 188 valence electrons. The first-order chi connectivity index (χ1) is 16.1. The molecule has 0 spiro atoms. The second-order valence-corrected chi connectivity index (χ2v) is 13.0. The van der Waals surface area contributed by atoms with Crippen LogP contribution in [0.25, 0.3) is 0 Å². The lowest BCUT2D eigenvalue weighted by Crippen LogP contribution is -2.55. The van der Waals surface area contributed by atoms with Gasteiger partial charge in [-0.1, -0.05) is 12.8 Å². The molecule has 10 atom stereocenters. The number of fused-ring (bicyclic) bond motifs is 5. The van der Waals surface area contributed by atoms with Gasteiger partial charge in [0.1, 0.15) is 0 Å². The van der Waals surface area contributed by atoms with Crippen LogP contribution in [0.1, 0.15) is 77.7 Å². The Morgan fingerprint density at radius 3 is 2.71 bits per heavy atom. The monoisotopic (exact) mass is 468 g/mol. The van der Waals surface area contributed by atoms with Crippen molar-refractivity contribution in [2.75, 3.05) is 13.7 Å². The predicted octanol–water partition coefficient (Wildman–Crippen LogP) is 4.51. The Bertz CT molecular complexity index is 930. The van der Waals surface area contributed by atoms with Crippen molar-refractivity contribution < 1.29 is 14.9 Å². The van der Waals surface area contributed by atoms with Gasteiger partial charge in [-0.3, -0.25) is 4.68 Å². The number of rotatable bonds is 5. The fraction of sp³-hybridized carbons (Fsp3) is 0.828. The number of hydrogen-bond donors (Lipinski definition) is 2. The molecule has 1 aromatic rings. The Morgan fingerprint density at radius 1 is 1.21 bits per heavy atom. The average Bonchev–Trinajstić information content (AvgIpc) is 3.37. The summed E-state index contributed by atoms with van der Waals surface area (Å²) in [5.41, 5.74) is -0.470. The summed E-state index contributed by atoms with van der Waals surface area (Å²) in [4.78, 5) is 0. The summed E-state index contributed by atoms with van der Waals surface area (Å²) in [6.07, 6.45) is 18.4. The van der Waals surface area contributed by atoms with Gasteiger partial charge in [-0.15, -0.1) is 6.42 Å². The molecule has 0 amide bonds. The molecule has 5 nitrogen and oxygen atoms in total. The van der Waals surface area contributed by atoms with E-state index in [2.05, 4.69) is 17.9 Å². The lowest BCUT2D eigenvalue weighted by Gasteiger charge is -2.59. The van der Waals surface area contributed by atoms with Gasteiger partial charge in [-0.2, -0.15) is 5.10 Å². The SMILES string of the molecule is C#Cc1cnn(C[C@](C)(O)[C@H]2CC[C@H]3[C@@H]4CC[C@@H]5C[C@](C)(O)[C@@H](COC)C[C@@H]5[C@H]4CC[C@@]32C)c1. The Morgan fingerprint density at radius 2 is 2.00 bits per heavy atom. The number of aromatic nitrogens is 2. The van der Waals surface area contributed by atoms with Gasteiger partial charge in [-0.05, 0) is 106 Å². The highest BCUT2D eigenvalue weighted by molar-refractivity contribution is 5.26. The molecule has 1 aromatic heterocycles. The van der Waals surface area contributed by atoms with Crippen molar-refractivity contribution in [3.05, 3.63) is 18.0 Å². The van der Waals surface area contributed by atoms with E-state index < -0.39 is 11.2 Å². The van der Waals surface area contributed by atoms with Crippen LogP contribution in [0.4, 0.5) is 0 Å². The Hall–Kier alpha value is -1.35. The van der Waals surface area contributed by atoms with Crippen LogP contribution in [-0.4, -0.2) is 44.9 Å². The van der Waals surface area contributed by atoms with Crippen LogP contribution in [-0.2, 0) is 11.3 Å². The summed E-state index contributed by atoms with van der Waals surface area (Å²) in [6.45, 7) is 7.68. The zero-order valence-electron chi connectivity index (χ0n) is 21.5. The molecule has 1 heterocycles. The zero-order valence-corrected chi connectivity index (χ0v) is 21.5. The Balaban J connectivity index is 1.33. The maximum atomic E-state index is 11.7. The number of aliphatic hydroxyl groups is 2. The molecule has 4 fully saturated rings. The highest BCUT2D eigenvalue weighted by Crippen LogP contribution is 2.66. The Labute approximate surface area is 205 Å². The van der Waals surface area contributed by atoms with Crippen LogP contribution in [0, 0.1) is 59.2 Å². The van der Waals surface area contributed by atoms with Gasteiger partial charge in [0.15, 0.2) is 0 Å². The first-order valence-electron chi connectivity index (χ1n) is 13.5. The van der Waals surface area contributed by atoms with E-state index in [1.165, 1.54) is 32.1 Å². The first-order valence-corrected chi connectivity index (χ1v) is 13.5. The van der Waals surface area contributed by atoms with Crippen molar-refractivity contribution in [2.45, 2.75) is 89.9 Å². The van der Waals surface area contributed by atoms with Crippen molar-refractivity contribution in [1.82, 2.24) is 9.78 Å². The number of terminal acetylenes is 1. The van der Waals surface area contributed by atoms with Gasteiger partial charge in [0.25, 0.3) is 0 Å². The van der Waals surface area contributed by atoms with Gasteiger partial charge >= 0.3 is 0 Å². The number of nitrogens with zero attached hydrogens (tertiary/aromatic N) is 2. The third-order valence-electron chi connectivity index (χ3n) is 11.0. The molecule has 0 aliphatic heterocycles. The molecule has 0 aromatic carbocycles. The molecular weight excluding hydrogens is 424 g/mol. The largest absolute Gasteiger partial charge is 0.390 e. The van der Waals surface area contributed by atoms with Gasteiger partial charge in [0.2, 0.25) is 0 Å². The maximum absolute atomic E-state index is 11.7. The summed E-state index contributed by atoms with van der Waals surface area (Å²) in [5.74, 6) is 6.72. The molecule has 0 bridgehead atoms. The van der Waals surface area contributed by atoms with E-state index in [0.29, 0.717) is 25.0 Å². The van der Waals surface area contributed by atoms with Crippen molar-refractivity contribution in [2.24, 2.45) is 46.8 Å². The molecule has 2 N–H and O–H groups in total. The summed E-state index contributed by atoms with van der Waals surface area (Å²) in [7, 11) is 1.76. The van der Waals surface area contributed by atoms with Crippen molar-refractivity contribution >= 4 is 0 Å². The normalized spacial score (nSPS) is 45.5. The average molecular weight is 469 g/mol. The van der Waals surface area contributed by atoms with Crippen molar-refractivity contribution in [3.63, 3.8) is 0 Å². The van der Waals surface area contributed by atoms with Crippen LogP contribution in [0.2, 0.25) is 0 Å². The Kier molecular flexibility index (Phi) is 6.19. The highest BCUT2D eigenvalue weighted by atomic mass is 16.5. The first kappa shape index (κ1) is 24.3. The zero-order chi connectivity index (χ0) is 24.3. The molecule has 0 unspecified atom stereocenters. The molecule has 34 heavy (non-hydrogen) atoms. The number of methoxy groups -OCH3 is 1. The van der Waals surface area contributed by atoms with Crippen LogP contribution in [0.3, 0.4) is 0 Å². The second kappa shape index (κ2) is 8.64. The smallest absolute Gasteiger partial charge is 0.0848 e. The lowest BCUT2D eigenvalue weighted by molar-refractivity contribution is -0.148. The summed E-state index contributed by atoms with van der Waals surface area (Å²) >= 11 is 0. The highest BCUT2D eigenvalue weighted by Gasteiger charge is 2.61. The van der Waals surface area contributed by atoms with E-state index in [1.54, 1.807) is 13.3 Å². The third kappa shape index (κ3) is 3.94. The van der Waals surface area contributed by atoms with E-state index in [-0.39, 0.29) is 17.3 Å². The van der Waals surface area contributed by atoms with Crippen LogP contribution in [0.15, 0.2) is 12.4 Å². The van der Waals surface area contributed by atoms with Gasteiger partial charge in [-0.25, -0.2) is 0 Å². The molecule has 5 rings (SSSR count). The van der Waals surface area contributed by atoms with E-state index in [9.17, 15) is 10.2 Å². The lowest BCUT2D eigenvalue weighted by atomic mass is 9.47. The molecule has 4 saturated carbocycles. The van der Waals surface area contributed by atoms with Crippen LogP contribution < -0.4 is 0 Å². The van der Waals surface area contributed by atoms with Crippen molar-refractivity contribution in [3.8, 4) is 12.3 Å². The van der Waals surface area contributed by atoms with Crippen LogP contribution >= 0.6 is 0 Å². The van der Waals surface area contributed by atoms with E-state index >= 15 is 0 Å². The second-order valence-electron chi connectivity index (χ2n) is 13.0. The molecule has 5 heteroatoms.